The summed E-state index contributed by atoms with van der Waals surface area (Å²) in [5.74, 6) is -0.297. The molecule has 4 rings (SSSR count). The van der Waals surface area contributed by atoms with Gasteiger partial charge in [-0.1, -0.05) is 12.7 Å². The zero-order chi connectivity index (χ0) is 21.3. The predicted molar refractivity (Wildman–Crippen MR) is 110 cm³/mol. The number of allylic oxidation sites excluding steroid dienone is 4. The maximum atomic E-state index is 14.4. The highest BCUT2D eigenvalue weighted by Gasteiger charge is 2.24. The van der Waals surface area contributed by atoms with Gasteiger partial charge >= 0.3 is 0 Å². The van der Waals surface area contributed by atoms with Gasteiger partial charge in [0, 0.05) is 23.1 Å². The molecule has 3 N–H and O–H groups in total. The molecule has 2 aromatic rings. The Morgan fingerprint density at radius 3 is 2.57 bits per heavy atom. The summed E-state index contributed by atoms with van der Waals surface area (Å²) >= 11 is 0. The van der Waals surface area contributed by atoms with Crippen molar-refractivity contribution in [1.29, 1.82) is 0 Å². The van der Waals surface area contributed by atoms with Crippen LogP contribution in [0.25, 0.3) is 5.70 Å². The quantitative estimate of drug-likeness (QED) is 0.790. The summed E-state index contributed by atoms with van der Waals surface area (Å²) in [7, 11) is 0. The molecule has 1 aromatic heterocycles. The first-order valence-electron chi connectivity index (χ1n) is 9.25. The van der Waals surface area contributed by atoms with Crippen molar-refractivity contribution < 1.29 is 18.3 Å². The van der Waals surface area contributed by atoms with Crippen LogP contribution in [-0.2, 0) is 0 Å². The minimum absolute atomic E-state index is 0.133. The molecule has 0 bridgehead atoms. The van der Waals surface area contributed by atoms with Crippen LogP contribution < -0.4 is 20.5 Å². The van der Waals surface area contributed by atoms with E-state index in [9.17, 15) is 8.78 Å². The molecule has 6 nitrogen and oxygen atoms in total. The molecular weight excluding hydrogens is 390 g/mol. The number of rotatable bonds is 4. The number of benzene rings is 1. The molecule has 30 heavy (non-hydrogen) atoms. The first-order valence-corrected chi connectivity index (χ1v) is 9.25. The lowest BCUT2D eigenvalue weighted by Gasteiger charge is -2.32. The summed E-state index contributed by atoms with van der Waals surface area (Å²) in [6.07, 6.45) is 7.28. The smallest absolute Gasteiger partial charge is 0.163 e. The summed E-state index contributed by atoms with van der Waals surface area (Å²) in [6, 6.07) is 5.26. The topological polar surface area (TPSA) is 72.6 Å². The summed E-state index contributed by atoms with van der Waals surface area (Å²) in [5, 5.41) is 3.17. The van der Waals surface area contributed by atoms with Crippen LogP contribution in [0.5, 0.6) is 11.5 Å². The zero-order valence-corrected chi connectivity index (χ0v) is 16.3. The van der Waals surface area contributed by atoms with Crippen molar-refractivity contribution in [3.8, 4) is 11.5 Å². The van der Waals surface area contributed by atoms with Crippen LogP contribution in [0.15, 0.2) is 72.6 Å². The average molecular weight is 410 g/mol. The van der Waals surface area contributed by atoms with E-state index in [1.54, 1.807) is 29.2 Å². The van der Waals surface area contributed by atoms with Crippen LogP contribution in [0.2, 0.25) is 0 Å². The van der Waals surface area contributed by atoms with Crippen molar-refractivity contribution in [3.05, 3.63) is 89.8 Å². The van der Waals surface area contributed by atoms with E-state index in [1.165, 1.54) is 0 Å². The highest BCUT2D eigenvalue weighted by molar-refractivity contribution is 5.72. The van der Waals surface area contributed by atoms with Crippen molar-refractivity contribution in [1.82, 2.24) is 9.88 Å². The minimum Gasteiger partial charge on any atom is -0.486 e. The van der Waals surface area contributed by atoms with Gasteiger partial charge in [-0.3, -0.25) is 9.88 Å². The largest absolute Gasteiger partial charge is 0.486 e. The molecule has 0 aliphatic carbocycles. The molecule has 2 aliphatic heterocycles. The lowest BCUT2D eigenvalue weighted by molar-refractivity contribution is 0.171. The molecule has 2 aliphatic rings. The van der Waals surface area contributed by atoms with Crippen molar-refractivity contribution >= 4 is 11.4 Å². The fourth-order valence-corrected chi connectivity index (χ4v) is 3.28. The Morgan fingerprint density at radius 1 is 1.17 bits per heavy atom. The molecule has 3 heterocycles. The molecule has 0 amide bonds. The number of nitrogens with two attached hydrogens (primary N) is 1. The number of ether oxygens (including phenoxy) is 2. The lowest BCUT2D eigenvalue weighted by Crippen LogP contribution is -2.29. The molecule has 0 radical (unpaired) electrons. The monoisotopic (exact) mass is 410 g/mol. The van der Waals surface area contributed by atoms with Gasteiger partial charge in [-0.25, -0.2) is 8.78 Å². The first-order chi connectivity index (χ1) is 14.5. The fraction of sp³-hybridized carbons (Fsp3) is 0.136. The summed E-state index contributed by atoms with van der Waals surface area (Å²) in [5.41, 5.74) is 7.73. The van der Waals surface area contributed by atoms with Gasteiger partial charge in [0.2, 0.25) is 0 Å². The van der Waals surface area contributed by atoms with Crippen molar-refractivity contribution in [2.45, 2.75) is 6.92 Å². The Labute approximate surface area is 172 Å². The molecule has 0 atom stereocenters. The van der Waals surface area contributed by atoms with Crippen LogP contribution in [0.1, 0.15) is 12.5 Å². The molecule has 0 saturated heterocycles. The lowest BCUT2D eigenvalue weighted by atomic mass is 10.1. The van der Waals surface area contributed by atoms with E-state index >= 15 is 0 Å². The van der Waals surface area contributed by atoms with Gasteiger partial charge < -0.3 is 20.5 Å². The molecule has 154 valence electrons. The number of anilines is 1. The van der Waals surface area contributed by atoms with Crippen molar-refractivity contribution in [2.24, 2.45) is 5.73 Å². The van der Waals surface area contributed by atoms with E-state index in [-0.39, 0.29) is 17.1 Å². The van der Waals surface area contributed by atoms with Crippen LogP contribution >= 0.6 is 0 Å². The highest BCUT2D eigenvalue weighted by atomic mass is 19.1. The SMILES string of the molecule is C=C1C=CC=C(C)N1/C(Nc1ccc2c(c1)OCCO2)=C(\N)c1c(F)cncc1F. The molecule has 1 aromatic carbocycles. The number of nitrogens with zero attached hydrogens (tertiary/aromatic N) is 2. The third kappa shape index (κ3) is 3.59. The number of hydrogen-bond donors (Lipinski definition) is 2. The van der Waals surface area contributed by atoms with Gasteiger partial charge in [-0.2, -0.15) is 0 Å². The summed E-state index contributed by atoms with van der Waals surface area (Å²) < 4.78 is 40.0. The van der Waals surface area contributed by atoms with Gasteiger partial charge in [0.05, 0.1) is 23.7 Å². The number of aromatic nitrogens is 1. The third-order valence-corrected chi connectivity index (χ3v) is 4.67. The third-order valence-electron chi connectivity index (χ3n) is 4.67. The molecular formula is C22H20F2N4O2. The number of pyridine rings is 1. The molecule has 0 saturated carbocycles. The second kappa shape index (κ2) is 7.90. The van der Waals surface area contributed by atoms with E-state index in [1.807, 2.05) is 19.1 Å². The first kappa shape index (κ1) is 19.5. The molecule has 8 heteroatoms. The van der Waals surface area contributed by atoms with Gasteiger partial charge in [0.15, 0.2) is 23.1 Å². The normalized spacial score (nSPS) is 16.2. The number of hydrogen-bond acceptors (Lipinski definition) is 6. The minimum atomic E-state index is -0.867. The molecule has 0 unspecified atom stereocenters. The highest BCUT2D eigenvalue weighted by Crippen LogP contribution is 2.35. The van der Waals surface area contributed by atoms with Crippen molar-refractivity contribution in [2.75, 3.05) is 18.5 Å². The van der Waals surface area contributed by atoms with Crippen LogP contribution in [0.4, 0.5) is 14.5 Å². The van der Waals surface area contributed by atoms with E-state index in [0.29, 0.717) is 36.1 Å². The molecule has 0 fully saturated rings. The van der Waals surface area contributed by atoms with Gasteiger partial charge in [-0.05, 0) is 31.2 Å². The number of fused-ring (bicyclic) bond motifs is 1. The second-order valence-corrected chi connectivity index (χ2v) is 6.72. The standard InChI is InChI=1S/C22H20F2N4O2/c1-13-4-3-5-14(2)28(13)22(21(25)20-16(23)11-26-12-17(20)24)27-15-6-7-18-19(10-15)30-9-8-29-18/h3-7,10-12,27H,1,8-9,25H2,2H3/b22-21-. The van der Waals surface area contributed by atoms with Gasteiger partial charge in [-0.15, -0.1) is 0 Å². The maximum Gasteiger partial charge on any atom is 0.163 e. The average Bonchev–Trinajstić information content (AvgIpc) is 2.72. The van der Waals surface area contributed by atoms with Crippen molar-refractivity contribution in [3.63, 3.8) is 0 Å². The van der Waals surface area contributed by atoms with Gasteiger partial charge in [0.1, 0.15) is 19.0 Å². The van der Waals surface area contributed by atoms with Crippen LogP contribution in [0.3, 0.4) is 0 Å². The van der Waals surface area contributed by atoms with E-state index < -0.39 is 11.6 Å². The van der Waals surface area contributed by atoms with E-state index in [0.717, 1.165) is 18.1 Å². The maximum absolute atomic E-state index is 14.4. The Bertz CT molecular complexity index is 1090. The molecule has 0 spiro atoms. The Morgan fingerprint density at radius 2 is 1.87 bits per heavy atom. The zero-order valence-electron chi connectivity index (χ0n) is 16.3. The van der Waals surface area contributed by atoms with Gasteiger partial charge in [0.25, 0.3) is 0 Å². The Kier molecular flexibility index (Phi) is 5.14. The fourth-order valence-electron chi connectivity index (χ4n) is 3.28. The Hall–Kier alpha value is -3.81. The van der Waals surface area contributed by atoms with Crippen LogP contribution in [-0.4, -0.2) is 23.1 Å². The summed E-state index contributed by atoms with van der Waals surface area (Å²) in [4.78, 5) is 5.21. The number of nitrogens with one attached hydrogen (secondary N) is 1. The number of halogens is 2. The van der Waals surface area contributed by atoms with E-state index in [4.69, 9.17) is 15.2 Å². The predicted octanol–water partition coefficient (Wildman–Crippen LogP) is 4.12. The van der Waals surface area contributed by atoms with E-state index in [2.05, 4.69) is 16.9 Å². The van der Waals surface area contributed by atoms with Crippen LogP contribution in [0, 0.1) is 11.6 Å². The summed E-state index contributed by atoms with van der Waals surface area (Å²) in [6.45, 7) is 6.77. The second-order valence-electron chi connectivity index (χ2n) is 6.72. The Balaban J connectivity index is 1.83.